The second kappa shape index (κ2) is 9.74. The summed E-state index contributed by atoms with van der Waals surface area (Å²) in [7, 11) is 3.09. The molecule has 156 valence electrons. The Kier molecular flexibility index (Phi) is 6.86. The van der Waals surface area contributed by atoms with Crippen molar-refractivity contribution < 1.29 is 23.6 Å². The minimum Gasteiger partial charge on any atom is -0.497 e. The second-order valence-corrected chi connectivity index (χ2v) is 6.94. The third-order valence-electron chi connectivity index (χ3n) is 3.93. The molecule has 11 heteroatoms. The molecule has 3 rings (SSSR count). The van der Waals surface area contributed by atoms with Gasteiger partial charge >= 0.3 is 0 Å². The summed E-state index contributed by atoms with van der Waals surface area (Å²) in [6.45, 7) is 0. The van der Waals surface area contributed by atoms with Crippen molar-refractivity contribution in [3.63, 3.8) is 0 Å². The highest BCUT2D eigenvalue weighted by molar-refractivity contribution is 7.99. The fourth-order valence-electron chi connectivity index (χ4n) is 2.50. The molecule has 30 heavy (non-hydrogen) atoms. The molecule has 0 aliphatic carbocycles. The van der Waals surface area contributed by atoms with E-state index in [1.807, 2.05) is 0 Å². The largest absolute Gasteiger partial charge is 0.497 e. The van der Waals surface area contributed by atoms with Gasteiger partial charge in [0.1, 0.15) is 17.2 Å². The molecule has 0 atom stereocenters. The molecule has 1 heterocycles. The monoisotopic (exact) mass is 430 g/mol. The maximum atomic E-state index is 12.1. The summed E-state index contributed by atoms with van der Waals surface area (Å²) in [5.74, 6) is 1.47. The van der Waals surface area contributed by atoms with Gasteiger partial charge in [-0.05, 0) is 18.2 Å². The van der Waals surface area contributed by atoms with Crippen molar-refractivity contribution >= 4 is 29.0 Å². The average Bonchev–Trinajstić information content (AvgIpc) is 3.22. The second-order valence-electron chi connectivity index (χ2n) is 5.90. The van der Waals surface area contributed by atoms with E-state index in [4.69, 9.17) is 13.9 Å². The van der Waals surface area contributed by atoms with Gasteiger partial charge in [-0.15, -0.1) is 10.2 Å². The lowest BCUT2D eigenvalue weighted by atomic mass is 10.2. The van der Waals surface area contributed by atoms with Crippen LogP contribution in [0, 0.1) is 10.1 Å². The Hall–Kier alpha value is -3.60. The summed E-state index contributed by atoms with van der Waals surface area (Å²) in [5, 5.41) is 21.8. The van der Waals surface area contributed by atoms with Crippen LogP contribution in [0.1, 0.15) is 6.42 Å². The number of para-hydroxylation sites is 2. The van der Waals surface area contributed by atoms with Crippen molar-refractivity contribution in [3.8, 4) is 23.0 Å². The molecule has 0 bridgehead atoms. The molecule has 1 N–H and O–H groups in total. The first-order chi connectivity index (χ1) is 14.5. The maximum Gasteiger partial charge on any atom is 0.292 e. The van der Waals surface area contributed by atoms with E-state index in [2.05, 4.69) is 15.5 Å². The van der Waals surface area contributed by atoms with Gasteiger partial charge in [0.2, 0.25) is 11.8 Å². The zero-order valence-electron chi connectivity index (χ0n) is 16.2. The molecule has 2 aromatic carbocycles. The molecule has 0 unspecified atom stereocenters. The van der Waals surface area contributed by atoms with Gasteiger partial charge in [-0.25, -0.2) is 0 Å². The van der Waals surface area contributed by atoms with Crippen LogP contribution < -0.4 is 14.8 Å². The zero-order chi connectivity index (χ0) is 21.5. The number of hydrogen-bond donors (Lipinski definition) is 1. The molecule has 3 aromatic rings. The van der Waals surface area contributed by atoms with Crippen LogP contribution in [0.3, 0.4) is 0 Å². The number of aromatic nitrogens is 2. The Bertz CT molecular complexity index is 1030. The Morgan fingerprint density at radius 3 is 2.53 bits per heavy atom. The average molecular weight is 430 g/mol. The predicted molar refractivity (Wildman–Crippen MR) is 110 cm³/mol. The third-order valence-corrected chi connectivity index (χ3v) is 4.75. The third kappa shape index (κ3) is 5.26. The summed E-state index contributed by atoms with van der Waals surface area (Å²) < 4.78 is 16.1. The van der Waals surface area contributed by atoms with Gasteiger partial charge in [0.05, 0.1) is 19.1 Å². The van der Waals surface area contributed by atoms with E-state index in [0.717, 1.165) is 0 Å². The van der Waals surface area contributed by atoms with Crippen molar-refractivity contribution in [2.45, 2.75) is 11.6 Å². The number of anilines is 1. The van der Waals surface area contributed by atoms with Crippen molar-refractivity contribution in [3.05, 3.63) is 52.6 Å². The summed E-state index contributed by atoms with van der Waals surface area (Å²) in [6.07, 6.45) is 0.113. The summed E-state index contributed by atoms with van der Waals surface area (Å²) >= 11 is 1.21. The molecule has 0 saturated heterocycles. The van der Waals surface area contributed by atoms with Gasteiger partial charge in [0.15, 0.2) is 0 Å². The van der Waals surface area contributed by atoms with Gasteiger partial charge in [-0.1, -0.05) is 23.9 Å². The minimum absolute atomic E-state index is 0.113. The Balaban J connectivity index is 1.57. The van der Waals surface area contributed by atoms with Crippen molar-refractivity contribution in [1.82, 2.24) is 10.2 Å². The Labute approximate surface area is 175 Å². The fourth-order valence-corrected chi connectivity index (χ4v) is 3.20. The van der Waals surface area contributed by atoms with E-state index in [0.29, 0.717) is 33.9 Å². The van der Waals surface area contributed by atoms with E-state index >= 15 is 0 Å². The van der Waals surface area contributed by atoms with Crippen LogP contribution in [0.2, 0.25) is 0 Å². The van der Waals surface area contributed by atoms with Crippen LogP contribution >= 0.6 is 11.8 Å². The molecular weight excluding hydrogens is 412 g/mol. The van der Waals surface area contributed by atoms with Gasteiger partial charge in [-0.3, -0.25) is 14.9 Å². The molecule has 0 saturated carbocycles. The van der Waals surface area contributed by atoms with Gasteiger partial charge in [0, 0.05) is 29.9 Å². The van der Waals surface area contributed by atoms with E-state index in [1.165, 1.54) is 30.0 Å². The number of amides is 1. The van der Waals surface area contributed by atoms with Gasteiger partial charge in [-0.2, -0.15) is 0 Å². The van der Waals surface area contributed by atoms with Crippen molar-refractivity contribution in [2.75, 3.05) is 25.3 Å². The normalized spacial score (nSPS) is 10.5. The van der Waals surface area contributed by atoms with Crippen LogP contribution in [0.25, 0.3) is 11.5 Å². The van der Waals surface area contributed by atoms with Crippen LogP contribution in [0.5, 0.6) is 11.5 Å². The summed E-state index contributed by atoms with van der Waals surface area (Å²) in [6, 6.07) is 11.2. The van der Waals surface area contributed by atoms with Crippen LogP contribution in [0.15, 0.2) is 52.1 Å². The number of hydrogen-bond acceptors (Lipinski definition) is 9. The number of nitro groups is 1. The number of benzene rings is 2. The van der Waals surface area contributed by atoms with Crippen molar-refractivity contribution in [2.24, 2.45) is 0 Å². The first kappa shape index (κ1) is 21.1. The molecule has 0 fully saturated rings. The number of carbonyl (C=O) groups is 1. The lowest BCUT2D eigenvalue weighted by Gasteiger charge is -2.05. The fraction of sp³-hybridized carbons (Fsp3) is 0.211. The molecule has 1 aromatic heterocycles. The first-order valence-electron chi connectivity index (χ1n) is 8.73. The number of nitro benzene ring substituents is 1. The Morgan fingerprint density at radius 2 is 1.87 bits per heavy atom. The first-order valence-corrected chi connectivity index (χ1v) is 9.71. The smallest absolute Gasteiger partial charge is 0.292 e. The number of ether oxygens (including phenoxy) is 2. The topological polar surface area (TPSA) is 130 Å². The summed E-state index contributed by atoms with van der Waals surface area (Å²) in [5.41, 5.74) is 0.637. The standard InChI is InChI=1S/C19H18N4O6S/c1-27-13-9-12(10-14(11-13)28-2)18-21-22-19(29-18)30-8-7-17(24)20-15-5-3-4-6-16(15)23(25)26/h3-6,9-11H,7-8H2,1-2H3,(H,20,24). The predicted octanol–water partition coefficient (Wildman–Crippen LogP) is 3.78. The van der Waals surface area contributed by atoms with Crippen LogP contribution in [-0.4, -0.2) is 41.0 Å². The number of methoxy groups -OCH3 is 2. The van der Waals surface area contributed by atoms with E-state index in [1.54, 1.807) is 38.5 Å². The van der Waals surface area contributed by atoms with E-state index in [-0.39, 0.29) is 23.7 Å². The summed E-state index contributed by atoms with van der Waals surface area (Å²) in [4.78, 5) is 22.6. The highest BCUT2D eigenvalue weighted by Gasteiger charge is 2.16. The van der Waals surface area contributed by atoms with E-state index < -0.39 is 4.92 Å². The zero-order valence-corrected chi connectivity index (χ0v) is 17.0. The molecule has 0 radical (unpaired) electrons. The van der Waals surface area contributed by atoms with Gasteiger partial charge in [0.25, 0.3) is 10.9 Å². The van der Waals surface area contributed by atoms with Crippen LogP contribution in [0.4, 0.5) is 11.4 Å². The number of thioether (sulfide) groups is 1. The quantitative estimate of drug-likeness (QED) is 0.306. The van der Waals surface area contributed by atoms with E-state index in [9.17, 15) is 14.9 Å². The molecule has 10 nitrogen and oxygen atoms in total. The SMILES string of the molecule is COc1cc(OC)cc(-c2nnc(SCCC(=O)Nc3ccccc3[N+](=O)[O-])o2)c1. The maximum absolute atomic E-state index is 12.1. The molecule has 0 aliphatic rings. The highest BCUT2D eigenvalue weighted by atomic mass is 32.2. The number of carbonyl (C=O) groups excluding carboxylic acids is 1. The molecular formula is C19H18N4O6S. The van der Waals surface area contributed by atoms with Gasteiger partial charge < -0.3 is 19.2 Å². The molecule has 1 amide bonds. The molecule has 0 aliphatic heterocycles. The Morgan fingerprint density at radius 1 is 1.17 bits per heavy atom. The lowest BCUT2D eigenvalue weighted by Crippen LogP contribution is -2.13. The number of rotatable bonds is 9. The molecule has 0 spiro atoms. The number of nitrogens with one attached hydrogen (secondary N) is 1. The highest BCUT2D eigenvalue weighted by Crippen LogP contribution is 2.30. The number of nitrogens with zero attached hydrogens (tertiary/aromatic N) is 3. The van der Waals surface area contributed by atoms with Crippen LogP contribution in [-0.2, 0) is 4.79 Å². The minimum atomic E-state index is -0.544. The van der Waals surface area contributed by atoms with Crippen molar-refractivity contribution in [1.29, 1.82) is 0 Å². The lowest BCUT2D eigenvalue weighted by molar-refractivity contribution is -0.383.